The molecule has 1 aliphatic rings. The number of benzene rings is 1. The molecule has 1 fully saturated rings. The lowest BCUT2D eigenvalue weighted by atomic mass is 9.93. The van der Waals surface area contributed by atoms with Crippen LogP contribution in [0.15, 0.2) is 48.9 Å². The molecule has 0 aliphatic heterocycles. The molecule has 0 unspecified atom stereocenters. The van der Waals surface area contributed by atoms with Gasteiger partial charge in [0.2, 0.25) is 0 Å². The summed E-state index contributed by atoms with van der Waals surface area (Å²) in [7, 11) is 1.83. The Labute approximate surface area is 202 Å². The Morgan fingerprint density at radius 1 is 1.14 bits per heavy atom. The molecular weight excluding hydrogens is 451 g/mol. The van der Waals surface area contributed by atoms with E-state index in [2.05, 4.69) is 20.1 Å². The van der Waals surface area contributed by atoms with Crippen LogP contribution in [0, 0.1) is 5.82 Å². The second kappa shape index (κ2) is 10.0. The number of ether oxygens (including phenoxy) is 1. The van der Waals surface area contributed by atoms with E-state index in [1.54, 1.807) is 41.5 Å². The number of aromatic nitrogens is 5. The molecule has 1 aromatic carbocycles. The first-order chi connectivity index (χ1) is 17.1. The van der Waals surface area contributed by atoms with Crippen LogP contribution in [0.2, 0.25) is 0 Å². The van der Waals surface area contributed by atoms with E-state index in [1.807, 2.05) is 13.1 Å². The van der Waals surface area contributed by atoms with Crippen LogP contribution in [0.1, 0.15) is 37.8 Å². The van der Waals surface area contributed by atoms with Gasteiger partial charge in [0.1, 0.15) is 11.5 Å². The van der Waals surface area contributed by atoms with E-state index in [4.69, 9.17) is 9.84 Å². The molecule has 0 bridgehead atoms. The molecule has 4 aromatic rings. The SMILES string of the molecule is CNc1cc2c(cn1)c(-c1cnn(C(CO)CO)c1)nn2C1CCC(Oc2ccccc2F)CC1. The molecular formula is C25H29FN6O3. The number of anilines is 1. The minimum atomic E-state index is -0.504. The normalized spacial score (nSPS) is 18.3. The predicted octanol–water partition coefficient (Wildman–Crippen LogP) is 3.56. The maximum Gasteiger partial charge on any atom is 0.165 e. The smallest absolute Gasteiger partial charge is 0.165 e. The minimum absolute atomic E-state index is 0.0360. The van der Waals surface area contributed by atoms with E-state index in [-0.39, 0.29) is 31.2 Å². The third-order valence-electron chi connectivity index (χ3n) is 6.64. The van der Waals surface area contributed by atoms with Gasteiger partial charge in [-0.15, -0.1) is 0 Å². The van der Waals surface area contributed by atoms with Crippen molar-refractivity contribution < 1.29 is 19.3 Å². The number of hydrogen-bond acceptors (Lipinski definition) is 7. The maximum atomic E-state index is 14.0. The summed E-state index contributed by atoms with van der Waals surface area (Å²) in [5, 5.41) is 32.3. The monoisotopic (exact) mass is 480 g/mol. The Hall–Kier alpha value is -3.50. The van der Waals surface area contributed by atoms with Gasteiger partial charge in [0.25, 0.3) is 0 Å². The van der Waals surface area contributed by atoms with Crippen molar-refractivity contribution in [3.8, 4) is 17.0 Å². The van der Waals surface area contributed by atoms with Crippen molar-refractivity contribution in [3.05, 3.63) is 54.7 Å². The molecule has 35 heavy (non-hydrogen) atoms. The van der Waals surface area contributed by atoms with Crippen LogP contribution in [0.25, 0.3) is 22.2 Å². The van der Waals surface area contributed by atoms with E-state index >= 15 is 0 Å². The summed E-state index contributed by atoms with van der Waals surface area (Å²) in [6, 6.07) is 8.16. The van der Waals surface area contributed by atoms with E-state index in [1.165, 1.54) is 6.07 Å². The first-order valence-electron chi connectivity index (χ1n) is 11.8. The summed E-state index contributed by atoms with van der Waals surface area (Å²) < 4.78 is 23.6. The second-order valence-corrected chi connectivity index (χ2v) is 8.84. The Bertz CT molecular complexity index is 1290. The fourth-order valence-corrected chi connectivity index (χ4v) is 4.67. The van der Waals surface area contributed by atoms with Gasteiger partial charge in [-0.1, -0.05) is 12.1 Å². The summed E-state index contributed by atoms with van der Waals surface area (Å²) in [4.78, 5) is 4.48. The van der Waals surface area contributed by atoms with Gasteiger partial charge in [-0.2, -0.15) is 10.2 Å². The third-order valence-corrected chi connectivity index (χ3v) is 6.64. The largest absolute Gasteiger partial charge is 0.487 e. The van der Waals surface area contributed by atoms with Gasteiger partial charge in [0.05, 0.1) is 43.1 Å². The average Bonchev–Trinajstić information content (AvgIpc) is 3.51. The number of aliphatic hydroxyl groups is 2. The van der Waals surface area contributed by atoms with Gasteiger partial charge in [0.15, 0.2) is 11.6 Å². The number of halogens is 1. The van der Waals surface area contributed by atoms with Crippen LogP contribution >= 0.6 is 0 Å². The van der Waals surface area contributed by atoms with Gasteiger partial charge in [-0.25, -0.2) is 9.37 Å². The molecule has 3 heterocycles. The van der Waals surface area contributed by atoms with Crippen molar-refractivity contribution in [1.82, 2.24) is 24.5 Å². The van der Waals surface area contributed by atoms with Gasteiger partial charge in [-0.3, -0.25) is 9.36 Å². The number of nitrogens with one attached hydrogen (secondary N) is 1. The van der Waals surface area contributed by atoms with Crippen molar-refractivity contribution >= 4 is 16.7 Å². The molecule has 0 radical (unpaired) electrons. The third kappa shape index (κ3) is 4.59. The standard InChI is InChI=1S/C25H29FN6O3/c1-27-24-10-22-20(12-28-24)25(16-11-29-31(13-16)18(14-33)15-34)30-32(22)17-6-8-19(9-7-17)35-23-5-3-2-4-21(23)26/h2-5,10-13,17-19,33-34H,6-9,14-15H2,1H3,(H,27,28). The average molecular weight is 481 g/mol. The molecule has 0 saturated heterocycles. The van der Waals surface area contributed by atoms with Gasteiger partial charge >= 0.3 is 0 Å². The number of nitrogens with zero attached hydrogens (tertiary/aromatic N) is 5. The number of hydrogen-bond donors (Lipinski definition) is 3. The Morgan fingerprint density at radius 2 is 1.91 bits per heavy atom. The Balaban J connectivity index is 1.42. The number of fused-ring (bicyclic) bond motifs is 1. The van der Waals surface area contributed by atoms with E-state index in [0.717, 1.165) is 53.7 Å². The summed E-state index contributed by atoms with van der Waals surface area (Å²) in [5.74, 6) is 0.710. The predicted molar refractivity (Wildman–Crippen MR) is 130 cm³/mol. The number of rotatable bonds is 8. The summed E-state index contributed by atoms with van der Waals surface area (Å²) in [6.45, 7) is -0.420. The zero-order chi connectivity index (χ0) is 24.4. The Morgan fingerprint density at radius 3 is 2.63 bits per heavy atom. The second-order valence-electron chi connectivity index (χ2n) is 8.84. The molecule has 3 N–H and O–H groups in total. The fraction of sp³-hybridized carbons (Fsp3) is 0.400. The van der Waals surface area contributed by atoms with Crippen molar-refractivity contribution in [2.75, 3.05) is 25.6 Å². The minimum Gasteiger partial charge on any atom is -0.487 e. The Kier molecular flexibility index (Phi) is 6.65. The van der Waals surface area contributed by atoms with Crippen molar-refractivity contribution in [2.24, 2.45) is 0 Å². The lowest BCUT2D eigenvalue weighted by Crippen LogP contribution is -2.26. The van der Waals surface area contributed by atoms with Crippen LogP contribution in [0.4, 0.5) is 10.2 Å². The number of aliphatic hydroxyl groups excluding tert-OH is 2. The summed E-state index contributed by atoms with van der Waals surface area (Å²) in [5.41, 5.74) is 2.50. The highest BCUT2D eigenvalue weighted by atomic mass is 19.1. The van der Waals surface area contributed by atoms with E-state index in [0.29, 0.717) is 5.75 Å². The highest BCUT2D eigenvalue weighted by Crippen LogP contribution is 2.36. The quantitative estimate of drug-likeness (QED) is 0.354. The van der Waals surface area contributed by atoms with Crippen LogP contribution in [0.3, 0.4) is 0 Å². The van der Waals surface area contributed by atoms with Crippen LogP contribution in [0.5, 0.6) is 5.75 Å². The van der Waals surface area contributed by atoms with Crippen molar-refractivity contribution in [3.63, 3.8) is 0 Å². The zero-order valence-corrected chi connectivity index (χ0v) is 19.5. The number of para-hydroxylation sites is 1. The molecule has 0 amide bonds. The first-order valence-corrected chi connectivity index (χ1v) is 11.8. The zero-order valence-electron chi connectivity index (χ0n) is 19.5. The number of pyridine rings is 1. The van der Waals surface area contributed by atoms with Crippen LogP contribution < -0.4 is 10.1 Å². The van der Waals surface area contributed by atoms with E-state index in [9.17, 15) is 14.6 Å². The summed E-state index contributed by atoms with van der Waals surface area (Å²) >= 11 is 0. The lowest BCUT2D eigenvalue weighted by molar-refractivity contribution is 0.126. The molecule has 9 nitrogen and oxygen atoms in total. The van der Waals surface area contributed by atoms with Crippen LogP contribution in [-0.4, -0.2) is 61.1 Å². The van der Waals surface area contributed by atoms with Crippen LogP contribution in [-0.2, 0) is 0 Å². The molecule has 0 atom stereocenters. The summed E-state index contributed by atoms with van der Waals surface area (Å²) in [6.07, 6.45) is 8.54. The topological polar surface area (TPSA) is 110 Å². The van der Waals surface area contributed by atoms with Crippen molar-refractivity contribution in [1.29, 1.82) is 0 Å². The molecule has 184 valence electrons. The molecule has 10 heteroatoms. The van der Waals surface area contributed by atoms with Crippen molar-refractivity contribution in [2.45, 2.75) is 43.9 Å². The molecule has 1 aliphatic carbocycles. The highest BCUT2D eigenvalue weighted by molar-refractivity contribution is 5.93. The first kappa shape index (κ1) is 23.3. The highest BCUT2D eigenvalue weighted by Gasteiger charge is 2.27. The lowest BCUT2D eigenvalue weighted by Gasteiger charge is -2.29. The molecule has 3 aromatic heterocycles. The fourth-order valence-electron chi connectivity index (χ4n) is 4.67. The van der Waals surface area contributed by atoms with Gasteiger partial charge < -0.3 is 20.3 Å². The van der Waals surface area contributed by atoms with E-state index < -0.39 is 6.04 Å². The molecule has 0 spiro atoms. The maximum absolute atomic E-state index is 14.0. The molecule has 5 rings (SSSR count). The van der Waals surface area contributed by atoms with Gasteiger partial charge in [-0.05, 0) is 37.8 Å². The molecule has 1 saturated carbocycles. The van der Waals surface area contributed by atoms with Gasteiger partial charge in [0, 0.05) is 36.5 Å².